The molecule has 164 valence electrons. The maximum absolute atomic E-state index is 13.0. The molecule has 0 aliphatic carbocycles. The Morgan fingerprint density at radius 1 is 1.13 bits per heavy atom. The number of piperidine rings is 1. The predicted molar refractivity (Wildman–Crippen MR) is 124 cm³/mol. The Bertz CT molecular complexity index is 1310. The molecular formula is C21H22ClN3O4S2. The minimum absolute atomic E-state index is 0.0534. The van der Waals surface area contributed by atoms with Crippen LogP contribution in [0.1, 0.15) is 36.5 Å². The van der Waals surface area contributed by atoms with E-state index in [-0.39, 0.29) is 20.4 Å². The van der Waals surface area contributed by atoms with Gasteiger partial charge >= 0.3 is 4.87 Å². The van der Waals surface area contributed by atoms with Crippen LogP contribution in [0.2, 0.25) is 5.02 Å². The van der Waals surface area contributed by atoms with Crippen molar-refractivity contribution in [1.82, 2.24) is 8.87 Å². The lowest BCUT2D eigenvalue weighted by molar-refractivity contribution is 0.102. The first-order valence-corrected chi connectivity index (χ1v) is 12.7. The highest BCUT2D eigenvalue weighted by Gasteiger charge is 2.27. The summed E-state index contributed by atoms with van der Waals surface area (Å²) in [5.41, 5.74) is 1.39. The highest BCUT2D eigenvalue weighted by molar-refractivity contribution is 7.89. The molecule has 0 bridgehead atoms. The van der Waals surface area contributed by atoms with Gasteiger partial charge in [0, 0.05) is 25.3 Å². The number of anilines is 1. The Balaban J connectivity index is 1.62. The lowest BCUT2D eigenvalue weighted by Gasteiger charge is -2.26. The zero-order chi connectivity index (χ0) is 22.2. The van der Waals surface area contributed by atoms with E-state index < -0.39 is 15.9 Å². The molecule has 0 spiro atoms. The third-order valence-electron chi connectivity index (χ3n) is 5.38. The van der Waals surface area contributed by atoms with E-state index in [9.17, 15) is 18.0 Å². The van der Waals surface area contributed by atoms with Crippen LogP contribution in [0.25, 0.3) is 10.2 Å². The van der Waals surface area contributed by atoms with Crippen LogP contribution in [-0.4, -0.2) is 36.3 Å². The number of halogens is 1. The van der Waals surface area contributed by atoms with E-state index in [4.69, 9.17) is 11.6 Å². The van der Waals surface area contributed by atoms with Gasteiger partial charge in [0.25, 0.3) is 5.91 Å². The first-order valence-electron chi connectivity index (χ1n) is 10.1. The number of aromatic nitrogens is 1. The molecule has 10 heteroatoms. The highest BCUT2D eigenvalue weighted by Crippen LogP contribution is 2.27. The standard InChI is InChI=1S/C21H22ClN3O4S2/c1-2-25-18-9-6-14(12-19(18)30-21(25)27)23-20(26)16-13-15(7-8-17(16)22)31(28,29)24-10-4-3-5-11-24/h6-9,12-13H,2-5,10-11H2,1H3,(H,23,26). The number of nitrogens with one attached hydrogen (secondary N) is 1. The van der Waals surface area contributed by atoms with Crippen molar-refractivity contribution in [1.29, 1.82) is 0 Å². The van der Waals surface area contributed by atoms with E-state index >= 15 is 0 Å². The van der Waals surface area contributed by atoms with Gasteiger partial charge in [0.15, 0.2) is 0 Å². The van der Waals surface area contributed by atoms with Crippen LogP contribution in [0.3, 0.4) is 0 Å². The van der Waals surface area contributed by atoms with Gasteiger partial charge < -0.3 is 5.32 Å². The monoisotopic (exact) mass is 479 g/mol. The van der Waals surface area contributed by atoms with Gasteiger partial charge in [0.05, 0.1) is 25.7 Å². The fourth-order valence-corrected chi connectivity index (χ4v) is 6.48. The zero-order valence-electron chi connectivity index (χ0n) is 16.9. The van der Waals surface area contributed by atoms with Crippen LogP contribution in [0.5, 0.6) is 0 Å². The molecule has 31 heavy (non-hydrogen) atoms. The number of hydrogen-bond acceptors (Lipinski definition) is 5. The van der Waals surface area contributed by atoms with Crippen molar-refractivity contribution in [2.24, 2.45) is 0 Å². The summed E-state index contributed by atoms with van der Waals surface area (Å²) in [5.74, 6) is -0.512. The second kappa shape index (κ2) is 8.74. The van der Waals surface area contributed by atoms with Gasteiger partial charge in [0.1, 0.15) is 0 Å². The van der Waals surface area contributed by atoms with E-state index in [1.807, 2.05) is 6.92 Å². The van der Waals surface area contributed by atoms with Crippen LogP contribution in [0.4, 0.5) is 5.69 Å². The van der Waals surface area contributed by atoms with Crippen LogP contribution >= 0.6 is 22.9 Å². The zero-order valence-corrected chi connectivity index (χ0v) is 19.3. The second-order valence-corrected chi connectivity index (χ2v) is 10.7. The molecule has 1 aliphatic heterocycles. The molecular weight excluding hydrogens is 458 g/mol. The number of benzene rings is 2. The number of amides is 1. The largest absolute Gasteiger partial charge is 0.322 e. The Hall–Kier alpha value is -2.20. The molecule has 0 saturated carbocycles. The van der Waals surface area contributed by atoms with Crippen molar-refractivity contribution < 1.29 is 13.2 Å². The maximum Gasteiger partial charge on any atom is 0.308 e. The topological polar surface area (TPSA) is 88.5 Å². The summed E-state index contributed by atoms with van der Waals surface area (Å²) in [6, 6.07) is 9.41. The van der Waals surface area contributed by atoms with Gasteiger partial charge in [-0.3, -0.25) is 14.2 Å². The quantitative estimate of drug-likeness (QED) is 0.595. The molecule has 1 aliphatic rings. The van der Waals surface area contributed by atoms with Gasteiger partial charge in [-0.2, -0.15) is 4.31 Å². The van der Waals surface area contributed by atoms with Gasteiger partial charge in [-0.1, -0.05) is 29.4 Å². The third kappa shape index (κ3) is 4.27. The maximum atomic E-state index is 13.0. The summed E-state index contributed by atoms with van der Waals surface area (Å²) in [5, 5.41) is 2.92. The summed E-state index contributed by atoms with van der Waals surface area (Å²) < 4.78 is 29.8. The Labute approximate surface area is 189 Å². The molecule has 7 nitrogen and oxygen atoms in total. The Morgan fingerprint density at radius 3 is 2.58 bits per heavy atom. The molecule has 1 N–H and O–H groups in total. The lowest BCUT2D eigenvalue weighted by Crippen LogP contribution is -2.35. The van der Waals surface area contributed by atoms with Crippen molar-refractivity contribution in [3.8, 4) is 0 Å². The van der Waals surface area contributed by atoms with Gasteiger partial charge in [-0.05, 0) is 56.2 Å². The molecule has 0 radical (unpaired) electrons. The smallest absolute Gasteiger partial charge is 0.308 e. The minimum atomic E-state index is -3.68. The normalized spacial score (nSPS) is 15.3. The van der Waals surface area contributed by atoms with E-state index in [2.05, 4.69) is 5.32 Å². The van der Waals surface area contributed by atoms with Gasteiger partial charge in [-0.25, -0.2) is 8.42 Å². The van der Waals surface area contributed by atoms with Crippen LogP contribution in [0.15, 0.2) is 46.1 Å². The first kappa shape index (κ1) is 22.0. The van der Waals surface area contributed by atoms with Crippen LogP contribution in [-0.2, 0) is 16.6 Å². The molecule has 2 heterocycles. The van der Waals surface area contributed by atoms with Gasteiger partial charge in [-0.15, -0.1) is 0 Å². The molecule has 1 saturated heterocycles. The molecule has 2 aromatic carbocycles. The molecule has 4 rings (SSSR count). The third-order valence-corrected chi connectivity index (χ3v) is 8.54. The van der Waals surface area contributed by atoms with E-state index in [0.717, 1.165) is 40.8 Å². The van der Waals surface area contributed by atoms with Crippen LogP contribution < -0.4 is 10.2 Å². The highest BCUT2D eigenvalue weighted by atomic mass is 35.5. The summed E-state index contributed by atoms with van der Waals surface area (Å²) >= 11 is 7.33. The summed E-state index contributed by atoms with van der Waals surface area (Å²) in [6.07, 6.45) is 2.67. The Morgan fingerprint density at radius 2 is 1.87 bits per heavy atom. The number of thiazole rings is 1. The van der Waals surface area contributed by atoms with Gasteiger partial charge in [0.2, 0.25) is 10.0 Å². The molecule has 1 fully saturated rings. The minimum Gasteiger partial charge on any atom is -0.322 e. The molecule has 0 atom stereocenters. The summed E-state index contributed by atoms with van der Waals surface area (Å²) in [7, 11) is -3.68. The van der Waals surface area contributed by atoms with Crippen molar-refractivity contribution in [2.75, 3.05) is 18.4 Å². The molecule has 1 amide bonds. The molecule has 0 unspecified atom stereocenters. The predicted octanol–water partition coefficient (Wildman–Crippen LogP) is 4.16. The number of rotatable bonds is 5. The van der Waals surface area contributed by atoms with Crippen LogP contribution in [0, 0.1) is 0 Å². The SMILES string of the molecule is CCn1c(=O)sc2cc(NC(=O)c3cc(S(=O)(=O)N4CCCCC4)ccc3Cl)ccc21. The van der Waals surface area contributed by atoms with E-state index in [0.29, 0.717) is 25.3 Å². The molecule has 3 aromatic rings. The fourth-order valence-electron chi connectivity index (χ4n) is 3.74. The summed E-state index contributed by atoms with van der Waals surface area (Å²) in [4.78, 5) is 24.9. The lowest BCUT2D eigenvalue weighted by atomic mass is 10.2. The number of hydrogen-bond donors (Lipinski definition) is 1. The van der Waals surface area contributed by atoms with Crippen molar-refractivity contribution >= 4 is 54.8 Å². The molecule has 1 aromatic heterocycles. The second-order valence-electron chi connectivity index (χ2n) is 7.36. The van der Waals surface area contributed by atoms with Crippen molar-refractivity contribution in [2.45, 2.75) is 37.6 Å². The number of carbonyl (C=O) groups excluding carboxylic acids is 1. The Kier molecular flexibility index (Phi) is 6.20. The van der Waals surface area contributed by atoms with Crippen molar-refractivity contribution in [3.05, 3.63) is 56.7 Å². The van der Waals surface area contributed by atoms with E-state index in [1.165, 1.54) is 22.5 Å². The summed E-state index contributed by atoms with van der Waals surface area (Å²) in [6.45, 7) is 3.42. The number of aryl methyl sites for hydroxylation is 1. The first-order chi connectivity index (χ1) is 14.8. The fraction of sp³-hybridized carbons (Fsp3) is 0.333. The van der Waals surface area contributed by atoms with E-state index in [1.54, 1.807) is 22.8 Å². The average molecular weight is 480 g/mol. The number of carbonyl (C=O) groups is 1. The number of fused-ring (bicyclic) bond motifs is 1. The average Bonchev–Trinajstić information content (AvgIpc) is 3.08. The van der Waals surface area contributed by atoms with Crippen molar-refractivity contribution in [3.63, 3.8) is 0 Å². The number of nitrogens with zero attached hydrogens (tertiary/aromatic N) is 2. The number of sulfonamides is 1.